The zero-order chi connectivity index (χ0) is 48.5. The minimum Gasteiger partial charge on any atom is -0.0946 e. The van der Waals surface area contributed by atoms with Crippen LogP contribution in [0.5, 0.6) is 0 Å². The van der Waals surface area contributed by atoms with E-state index in [0.29, 0.717) is 11.8 Å². The van der Waals surface area contributed by atoms with Crippen LogP contribution < -0.4 is 0 Å². The quantitative estimate of drug-likeness (QED) is 0.271. The molecule has 7 aliphatic rings. The number of fused-ring (bicyclic) bond motifs is 2. The average Bonchev–Trinajstić information content (AvgIpc) is 4.09. The SMILES string of the molecule is C=C1C2=C(C3=C(C)C(C)=C(C4=C(C)C5=C(C6=C(C(C)=C(C)C6c6c(C)c(C)c(C)c(C)c6C)C5C(C)C)C4c4c(C)c(C)c(C)c(C)c4C)C3)C(C)C(=C)C2=C(C2=C(C)C(C)=C(C)C2)C1C. The van der Waals surface area contributed by atoms with Crippen LogP contribution in [-0.4, -0.2) is 0 Å². The van der Waals surface area contributed by atoms with E-state index in [4.69, 9.17) is 13.2 Å². The van der Waals surface area contributed by atoms with Crippen LogP contribution in [-0.2, 0) is 0 Å². The van der Waals surface area contributed by atoms with E-state index in [1.54, 1.807) is 55.7 Å². The Morgan fingerprint density at radius 1 is 0.364 bits per heavy atom. The molecule has 0 heterocycles. The minimum absolute atomic E-state index is 0.159. The van der Waals surface area contributed by atoms with Crippen LogP contribution in [0.4, 0.5) is 0 Å². The van der Waals surface area contributed by atoms with E-state index in [2.05, 4.69) is 152 Å². The number of hydrogen-bond acceptors (Lipinski definition) is 0. The highest BCUT2D eigenvalue weighted by Gasteiger charge is 2.53. The molecule has 0 fully saturated rings. The fourth-order valence-corrected chi connectivity index (χ4v) is 14.9. The molecule has 5 unspecified atom stereocenters. The first-order valence-electron chi connectivity index (χ1n) is 25.5. The van der Waals surface area contributed by atoms with Gasteiger partial charge in [0.25, 0.3) is 0 Å². The maximum Gasteiger partial charge on any atom is 0.0357 e. The lowest BCUT2D eigenvalue weighted by Crippen LogP contribution is -2.17. The summed E-state index contributed by atoms with van der Waals surface area (Å²) in [4.78, 5) is 0. The lowest BCUT2D eigenvalue weighted by molar-refractivity contribution is 0.516. The zero-order valence-corrected chi connectivity index (χ0v) is 45.3. The Bertz CT molecular complexity index is 3040. The third-order valence-corrected chi connectivity index (χ3v) is 20.2. The lowest BCUT2D eigenvalue weighted by atomic mass is 9.71. The largest absolute Gasteiger partial charge is 0.0946 e. The molecule has 344 valence electrons. The van der Waals surface area contributed by atoms with E-state index in [9.17, 15) is 0 Å². The number of rotatable bonds is 6. The molecule has 2 aromatic rings. The van der Waals surface area contributed by atoms with Crippen molar-refractivity contribution in [1.29, 1.82) is 0 Å². The Morgan fingerprint density at radius 2 is 0.712 bits per heavy atom. The van der Waals surface area contributed by atoms with Gasteiger partial charge in [-0.2, -0.15) is 0 Å². The fourth-order valence-electron chi connectivity index (χ4n) is 14.9. The number of allylic oxidation sites excluding steroid dienone is 22. The van der Waals surface area contributed by atoms with Crippen LogP contribution in [0.3, 0.4) is 0 Å². The minimum atomic E-state index is 0.159. The highest BCUT2D eigenvalue weighted by atomic mass is 14.6. The molecule has 0 saturated heterocycles. The summed E-state index contributed by atoms with van der Waals surface area (Å²) in [7, 11) is 0. The summed E-state index contributed by atoms with van der Waals surface area (Å²) in [6.07, 6.45) is 2.00. The summed E-state index contributed by atoms with van der Waals surface area (Å²) in [5.74, 6) is 1.76. The fraction of sp³-hybridized carbons (Fsp3) is 0.455. The lowest BCUT2D eigenvalue weighted by Gasteiger charge is -2.32. The number of benzene rings is 2. The molecule has 0 heteroatoms. The van der Waals surface area contributed by atoms with Gasteiger partial charge in [-0.3, -0.25) is 0 Å². The van der Waals surface area contributed by atoms with Gasteiger partial charge in [0, 0.05) is 29.6 Å². The van der Waals surface area contributed by atoms with Gasteiger partial charge in [-0.25, -0.2) is 0 Å². The summed E-state index contributed by atoms with van der Waals surface area (Å²) in [5.41, 5.74) is 50.9. The van der Waals surface area contributed by atoms with E-state index in [1.165, 1.54) is 134 Å². The molecule has 0 radical (unpaired) electrons. The van der Waals surface area contributed by atoms with Gasteiger partial charge in [0.15, 0.2) is 0 Å². The van der Waals surface area contributed by atoms with E-state index in [0.717, 1.165) is 12.8 Å². The van der Waals surface area contributed by atoms with Crippen LogP contribution >= 0.6 is 0 Å². The molecule has 0 nitrogen and oxygen atoms in total. The van der Waals surface area contributed by atoms with Crippen molar-refractivity contribution >= 4 is 0 Å². The first-order valence-corrected chi connectivity index (χ1v) is 25.5. The average molecular weight is 873 g/mol. The Morgan fingerprint density at radius 3 is 1.12 bits per heavy atom. The standard InChI is InChI=1S/C66H80/c1-27(2)53-59-47(22)48(23)60(54-39(14)32(7)30(5)33(8)40(54)15)65(59)66-63(53)49(24)58(64(66)55-41(16)34(9)31(6)35(10)42(55)17)52-26-51(37(12)38(52)13)57-44(19)46(21)61-56(43(18)45(20)62(57)61)50-25-28(3)29(4)36(50)11/h27,43-44,53,60,64H,20-21,25-26H2,1-19,22-24H3. The van der Waals surface area contributed by atoms with Crippen molar-refractivity contribution in [3.8, 4) is 0 Å². The maximum absolute atomic E-state index is 4.93. The van der Waals surface area contributed by atoms with Gasteiger partial charge < -0.3 is 0 Å². The van der Waals surface area contributed by atoms with Crippen molar-refractivity contribution in [2.45, 2.75) is 177 Å². The predicted octanol–water partition coefficient (Wildman–Crippen LogP) is 18.3. The molecule has 0 N–H and O–H groups in total. The van der Waals surface area contributed by atoms with Gasteiger partial charge in [-0.15, -0.1) is 0 Å². The van der Waals surface area contributed by atoms with Gasteiger partial charge in [-0.1, -0.05) is 52.0 Å². The Balaban J connectivity index is 1.27. The Kier molecular flexibility index (Phi) is 10.8. The second-order valence-electron chi connectivity index (χ2n) is 22.8. The second-order valence-corrected chi connectivity index (χ2v) is 22.8. The Hall–Kier alpha value is -4.68. The first-order chi connectivity index (χ1) is 30.8. The topological polar surface area (TPSA) is 0 Å². The molecule has 0 amide bonds. The van der Waals surface area contributed by atoms with Gasteiger partial charge in [0.2, 0.25) is 0 Å². The van der Waals surface area contributed by atoms with Crippen molar-refractivity contribution in [2.24, 2.45) is 23.7 Å². The summed E-state index contributed by atoms with van der Waals surface area (Å²) < 4.78 is 0. The van der Waals surface area contributed by atoms with Crippen molar-refractivity contribution in [3.05, 3.63) is 203 Å². The van der Waals surface area contributed by atoms with E-state index in [-0.39, 0.29) is 23.7 Å². The zero-order valence-electron chi connectivity index (χ0n) is 45.3. The third kappa shape index (κ3) is 5.75. The molecule has 9 rings (SSSR count). The predicted molar refractivity (Wildman–Crippen MR) is 286 cm³/mol. The van der Waals surface area contributed by atoms with Crippen LogP contribution in [0.25, 0.3) is 0 Å². The second kappa shape index (κ2) is 15.4. The molecular formula is C66H80. The van der Waals surface area contributed by atoms with Crippen molar-refractivity contribution in [1.82, 2.24) is 0 Å². The first kappa shape index (κ1) is 46.4. The van der Waals surface area contributed by atoms with E-state index < -0.39 is 0 Å². The molecule has 0 aliphatic heterocycles. The van der Waals surface area contributed by atoms with Gasteiger partial charge in [-0.05, 0) is 322 Å². The molecule has 0 bridgehead atoms. The van der Waals surface area contributed by atoms with Crippen LogP contribution in [0, 0.1) is 92.9 Å². The van der Waals surface area contributed by atoms with Crippen LogP contribution in [0.2, 0.25) is 0 Å². The van der Waals surface area contributed by atoms with Crippen LogP contribution in [0.15, 0.2) is 136 Å². The highest BCUT2D eigenvalue weighted by molar-refractivity contribution is 5.84. The summed E-state index contributed by atoms with van der Waals surface area (Å²) in [6, 6.07) is 0. The molecule has 5 atom stereocenters. The highest BCUT2D eigenvalue weighted by Crippen LogP contribution is 2.68. The number of hydrogen-bond donors (Lipinski definition) is 0. The molecule has 0 aromatic heterocycles. The van der Waals surface area contributed by atoms with Gasteiger partial charge in [0.1, 0.15) is 0 Å². The molecule has 2 aromatic carbocycles. The smallest absolute Gasteiger partial charge is 0.0357 e. The normalized spacial score (nSPS) is 25.7. The molecule has 66 heavy (non-hydrogen) atoms. The van der Waals surface area contributed by atoms with Crippen molar-refractivity contribution in [3.63, 3.8) is 0 Å². The van der Waals surface area contributed by atoms with Crippen molar-refractivity contribution < 1.29 is 0 Å². The summed E-state index contributed by atoms with van der Waals surface area (Å²) in [6.45, 7) is 63.0. The van der Waals surface area contributed by atoms with Gasteiger partial charge >= 0.3 is 0 Å². The molecular weight excluding hydrogens is 793 g/mol. The van der Waals surface area contributed by atoms with Crippen molar-refractivity contribution in [2.75, 3.05) is 0 Å². The third-order valence-electron chi connectivity index (χ3n) is 20.2. The van der Waals surface area contributed by atoms with E-state index >= 15 is 0 Å². The Labute approximate surface area is 401 Å². The monoisotopic (exact) mass is 873 g/mol. The molecule has 7 aliphatic carbocycles. The van der Waals surface area contributed by atoms with Crippen LogP contribution in [0.1, 0.15) is 175 Å². The molecule has 0 saturated carbocycles. The summed E-state index contributed by atoms with van der Waals surface area (Å²) >= 11 is 0. The molecule has 0 spiro atoms. The summed E-state index contributed by atoms with van der Waals surface area (Å²) in [5, 5.41) is 0. The van der Waals surface area contributed by atoms with Gasteiger partial charge in [0.05, 0.1) is 0 Å². The van der Waals surface area contributed by atoms with E-state index in [1.807, 2.05) is 0 Å². The maximum atomic E-state index is 4.93.